The molecule has 1 heterocycles. The molecule has 1 aromatic heterocycles. The van der Waals surface area contributed by atoms with E-state index in [4.69, 9.17) is 14.2 Å². The summed E-state index contributed by atoms with van der Waals surface area (Å²) in [5, 5.41) is 5.16. The number of fused-ring (bicyclic) bond motifs is 1. The van der Waals surface area contributed by atoms with Gasteiger partial charge in [-0.2, -0.15) is 0 Å². The number of hydrogen-bond donors (Lipinski definition) is 0. The normalized spacial score (nSPS) is 11.9. The predicted molar refractivity (Wildman–Crippen MR) is 175 cm³/mol. The number of hydrogen-bond acceptors (Lipinski definition) is 3. The van der Waals surface area contributed by atoms with Crippen molar-refractivity contribution in [1.82, 2.24) is 4.57 Å². The van der Waals surface area contributed by atoms with Crippen LogP contribution in [0.15, 0.2) is 128 Å². The monoisotopic (exact) mass is 571 g/mol. The molecule has 0 radical (unpaired) electrons. The van der Waals surface area contributed by atoms with Crippen molar-refractivity contribution < 1.29 is 14.2 Å². The molecule has 1 atom stereocenters. The Kier molecular flexibility index (Phi) is 7.99. The highest BCUT2D eigenvalue weighted by atomic mass is 31.1. The van der Waals surface area contributed by atoms with E-state index in [1.165, 1.54) is 37.9 Å². The van der Waals surface area contributed by atoms with E-state index in [1.807, 2.05) is 0 Å². The third-order valence-corrected chi connectivity index (χ3v) is 10.3. The fraction of sp³-hybridized carbons (Fsp3) is 0.135. The van der Waals surface area contributed by atoms with Crippen LogP contribution in [0.1, 0.15) is 22.6 Å². The highest BCUT2D eigenvalue weighted by molar-refractivity contribution is 7.79. The van der Waals surface area contributed by atoms with Crippen molar-refractivity contribution >= 4 is 34.7 Å². The Labute approximate surface area is 248 Å². The maximum atomic E-state index is 5.84. The lowest BCUT2D eigenvalue weighted by Crippen LogP contribution is -2.25. The largest absolute Gasteiger partial charge is 0.493 e. The van der Waals surface area contributed by atoms with E-state index >= 15 is 0 Å². The summed E-state index contributed by atoms with van der Waals surface area (Å²) in [6, 6.07) is 43.4. The average Bonchev–Trinajstić information content (AvgIpc) is 3.38. The summed E-state index contributed by atoms with van der Waals surface area (Å²) in [5.74, 6) is 1.77. The molecule has 0 bridgehead atoms. The Morgan fingerprint density at radius 3 is 1.74 bits per heavy atom. The van der Waals surface area contributed by atoms with Crippen LogP contribution in [-0.2, 0) is 7.05 Å². The second-order valence-electron chi connectivity index (χ2n) is 10.2. The summed E-state index contributed by atoms with van der Waals surface area (Å²) < 4.78 is 19.6. The number of benzene rings is 5. The third-order valence-electron chi connectivity index (χ3n) is 7.78. The molecule has 6 rings (SSSR count). The highest BCUT2D eigenvalue weighted by Gasteiger charge is 2.29. The van der Waals surface area contributed by atoms with E-state index in [1.54, 1.807) is 21.3 Å². The molecule has 0 saturated carbocycles. The van der Waals surface area contributed by atoms with Gasteiger partial charge in [0.25, 0.3) is 0 Å². The summed E-state index contributed by atoms with van der Waals surface area (Å²) in [7, 11) is 6.26. The minimum absolute atomic E-state index is 0.0987. The van der Waals surface area contributed by atoms with Crippen molar-refractivity contribution in [3.05, 3.63) is 144 Å². The van der Waals surface area contributed by atoms with Gasteiger partial charge in [0.15, 0.2) is 11.5 Å². The first kappa shape index (κ1) is 27.6. The van der Waals surface area contributed by atoms with Crippen molar-refractivity contribution in [3.8, 4) is 17.2 Å². The van der Waals surface area contributed by atoms with Crippen LogP contribution in [-0.4, -0.2) is 25.9 Å². The molecule has 0 aliphatic heterocycles. The van der Waals surface area contributed by atoms with Crippen LogP contribution in [0.4, 0.5) is 0 Å². The van der Waals surface area contributed by atoms with Crippen LogP contribution in [0.25, 0.3) is 10.9 Å². The van der Waals surface area contributed by atoms with Crippen LogP contribution >= 0.6 is 7.92 Å². The molecule has 0 saturated heterocycles. The molecule has 5 aromatic carbocycles. The zero-order valence-corrected chi connectivity index (χ0v) is 25.2. The lowest BCUT2D eigenvalue weighted by Gasteiger charge is -2.27. The SMILES string of the molecule is COc1cc(C(c2ccccc2P(c2ccccc2)c2ccccc2)c2cn(C)c3ccccc23)cc(OC)c1OC. The van der Waals surface area contributed by atoms with Crippen LogP contribution in [0, 0.1) is 0 Å². The highest BCUT2D eigenvalue weighted by Crippen LogP contribution is 2.46. The number of para-hydroxylation sites is 1. The molecule has 4 nitrogen and oxygen atoms in total. The molecular formula is C37H34NO3P. The van der Waals surface area contributed by atoms with E-state index in [2.05, 4.69) is 139 Å². The van der Waals surface area contributed by atoms with Crippen LogP contribution < -0.4 is 30.1 Å². The van der Waals surface area contributed by atoms with Crippen LogP contribution in [0.3, 0.4) is 0 Å². The van der Waals surface area contributed by atoms with Crippen molar-refractivity contribution in [2.45, 2.75) is 5.92 Å². The molecule has 0 spiro atoms. The Morgan fingerprint density at radius 1 is 0.595 bits per heavy atom. The zero-order valence-electron chi connectivity index (χ0n) is 24.3. The molecular weight excluding hydrogens is 537 g/mol. The zero-order chi connectivity index (χ0) is 29.1. The molecule has 6 aromatic rings. The molecule has 0 fully saturated rings. The fourth-order valence-electron chi connectivity index (χ4n) is 5.91. The van der Waals surface area contributed by atoms with E-state index in [0.717, 1.165) is 5.56 Å². The minimum atomic E-state index is -0.842. The smallest absolute Gasteiger partial charge is 0.203 e. The molecule has 42 heavy (non-hydrogen) atoms. The van der Waals surface area contributed by atoms with E-state index in [-0.39, 0.29) is 5.92 Å². The van der Waals surface area contributed by atoms with E-state index in [9.17, 15) is 0 Å². The minimum Gasteiger partial charge on any atom is -0.493 e. The summed E-state index contributed by atoms with van der Waals surface area (Å²) in [4.78, 5) is 0. The number of methoxy groups -OCH3 is 3. The van der Waals surface area contributed by atoms with Crippen molar-refractivity contribution in [3.63, 3.8) is 0 Å². The van der Waals surface area contributed by atoms with Gasteiger partial charge in [-0.15, -0.1) is 0 Å². The molecule has 5 heteroatoms. The second-order valence-corrected chi connectivity index (χ2v) is 12.4. The van der Waals surface area contributed by atoms with Gasteiger partial charge in [-0.1, -0.05) is 103 Å². The van der Waals surface area contributed by atoms with E-state index < -0.39 is 7.92 Å². The summed E-state index contributed by atoms with van der Waals surface area (Å²) in [6.07, 6.45) is 2.27. The number of rotatable bonds is 9. The van der Waals surface area contributed by atoms with Gasteiger partial charge in [0.2, 0.25) is 5.75 Å². The molecule has 0 aliphatic rings. The maximum Gasteiger partial charge on any atom is 0.203 e. The molecule has 210 valence electrons. The van der Waals surface area contributed by atoms with Gasteiger partial charge in [0.1, 0.15) is 0 Å². The molecule has 0 N–H and O–H groups in total. The summed E-state index contributed by atoms with van der Waals surface area (Å²) in [5.41, 5.74) is 4.74. The Balaban J connectivity index is 1.67. The lowest BCUT2D eigenvalue weighted by molar-refractivity contribution is 0.323. The Bertz CT molecular complexity index is 1750. The van der Waals surface area contributed by atoms with Crippen LogP contribution in [0.2, 0.25) is 0 Å². The average molecular weight is 572 g/mol. The van der Waals surface area contributed by atoms with Gasteiger partial charge < -0.3 is 18.8 Å². The van der Waals surface area contributed by atoms with Crippen LogP contribution in [0.5, 0.6) is 17.2 Å². The first-order valence-electron chi connectivity index (χ1n) is 14.0. The van der Waals surface area contributed by atoms with Gasteiger partial charge in [-0.25, -0.2) is 0 Å². The first-order chi connectivity index (χ1) is 20.6. The molecule has 0 amide bonds. The number of ether oxygens (including phenoxy) is 3. The number of nitrogens with zero attached hydrogens (tertiary/aromatic N) is 1. The molecule has 1 unspecified atom stereocenters. The Morgan fingerprint density at radius 2 is 1.14 bits per heavy atom. The first-order valence-corrected chi connectivity index (χ1v) is 15.3. The summed E-state index contributed by atoms with van der Waals surface area (Å²) >= 11 is 0. The van der Waals surface area contributed by atoms with E-state index in [0.29, 0.717) is 17.2 Å². The van der Waals surface area contributed by atoms with Gasteiger partial charge in [0, 0.05) is 30.1 Å². The van der Waals surface area contributed by atoms with Crippen molar-refractivity contribution in [1.29, 1.82) is 0 Å². The lowest BCUT2D eigenvalue weighted by atomic mass is 9.84. The number of aryl methyl sites for hydroxylation is 1. The summed E-state index contributed by atoms with van der Waals surface area (Å²) in [6.45, 7) is 0. The maximum absolute atomic E-state index is 5.84. The standard InChI is InChI=1S/C37H34NO3P/c1-38-25-31(29-19-11-13-21-32(29)38)36(26-23-33(39-2)37(41-4)34(24-26)40-3)30-20-12-14-22-35(30)42(27-15-7-5-8-16-27)28-17-9-6-10-18-28/h5-25,36H,1-4H3. The quantitative estimate of drug-likeness (QED) is 0.173. The van der Waals surface area contributed by atoms with Gasteiger partial charge in [-0.3, -0.25) is 0 Å². The topological polar surface area (TPSA) is 32.6 Å². The second kappa shape index (κ2) is 12.1. The van der Waals surface area contributed by atoms with Gasteiger partial charge in [-0.05, 0) is 58.7 Å². The predicted octanol–water partition coefficient (Wildman–Crippen LogP) is 7.14. The van der Waals surface area contributed by atoms with Gasteiger partial charge in [0.05, 0.1) is 21.3 Å². The van der Waals surface area contributed by atoms with Crippen molar-refractivity contribution in [2.24, 2.45) is 7.05 Å². The third kappa shape index (κ3) is 5.04. The van der Waals surface area contributed by atoms with Crippen molar-refractivity contribution in [2.75, 3.05) is 21.3 Å². The van der Waals surface area contributed by atoms with Gasteiger partial charge >= 0.3 is 0 Å². The molecule has 0 aliphatic carbocycles. The Hall–Kier alpha value is -4.53. The number of aromatic nitrogens is 1. The fourth-order valence-corrected chi connectivity index (χ4v) is 8.41.